The lowest BCUT2D eigenvalue weighted by Gasteiger charge is -2.30. The van der Waals surface area contributed by atoms with Gasteiger partial charge in [0.05, 0.1) is 32.7 Å². The van der Waals surface area contributed by atoms with Crippen molar-refractivity contribution in [3.8, 4) is 34.6 Å². The molecule has 3 rings (SSSR count). The Hall–Kier alpha value is -3.18. The maximum atomic E-state index is 13.4. The Morgan fingerprint density at radius 3 is 2.11 bits per heavy atom. The molecule has 1 aromatic carbocycles. The van der Waals surface area contributed by atoms with Crippen LogP contribution in [0.5, 0.6) is 17.4 Å². The van der Waals surface area contributed by atoms with Crippen LogP contribution in [-0.4, -0.2) is 66.0 Å². The second-order valence-electron chi connectivity index (χ2n) is 9.17. The van der Waals surface area contributed by atoms with Crippen molar-refractivity contribution in [2.24, 2.45) is 5.41 Å². The van der Waals surface area contributed by atoms with Crippen LogP contribution in [0.25, 0.3) is 17.2 Å². The number of rotatable bonds is 9. The van der Waals surface area contributed by atoms with Crippen LogP contribution in [0, 0.1) is 5.41 Å². The van der Waals surface area contributed by atoms with Gasteiger partial charge in [0.2, 0.25) is 5.88 Å². The number of benzene rings is 1. The van der Waals surface area contributed by atoms with Gasteiger partial charge in [-0.2, -0.15) is 0 Å². The van der Waals surface area contributed by atoms with Crippen molar-refractivity contribution < 1.29 is 27.7 Å². The zero-order chi connectivity index (χ0) is 26.0. The van der Waals surface area contributed by atoms with Gasteiger partial charge in [-0.1, -0.05) is 32.9 Å². The summed E-state index contributed by atoms with van der Waals surface area (Å²) >= 11 is 0. The molecule has 0 saturated carbocycles. The molecule has 0 unspecified atom stereocenters. The Labute approximate surface area is 205 Å². The quantitative estimate of drug-likeness (QED) is 0.468. The molecule has 2 aromatic heterocycles. The van der Waals surface area contributed by atoms with E-state index in [9.17, 15) is 13.5 Å². The van der Waals surface area contributed by atoms with E-state index in [1.165, 1.54) is 28.3 Å². The number of pyridine rings is 1. The molecular weight excluding hydrogens is 472 g/mol. The number of para-hydroxylation sites is 1. The van der Waals surface area contributed by atoms with E-state index in [4.69, 9.17) is 14.2 Å². The number of ether oxygens (including phenoxy) is 3. The molecule has 0 aliphatic carbocycles. The molecule has 0 spiro atoms. The zero-order valence-corrected chi connectivity index (χ0v) is 21.8. The van der Waals surface area contributed by atoms with Gasteiger partial charge in [0.1, 0.15) is 28.6 Å². The fraction of sp³-hybridized carbons (Fsp3) is 0.458. The zero-order valence-electron chi connectivity index (χ0n) is 21.0. The lowest BCUT2D eigenvalue weighted by atomic mass is 9.87. The van der Waals surface area contributed by atoms with E-state index in [0.29, 0.717) is 28.8 Å². The van der Waals surface area contributed by atoms with Gasteiger partial charge in [-0.15, -0.1) is 10.2 Å². The number of hydrogen-bond acceptors (Lipinski definition) is 9. The Morgan fingerprint density at radius 2 is 1.57 bits per heavy atom. The second-order valence-corrected chi connectivity index (χ2v) is 11.5. The molecule has 2 heterocycles. The van der Waals surface area contributed by atoms with Crippen molar-refractivity contribution in [3.05, 3.63) is 42.2 Å². The van der Waals surface area contributed by atoms with Crippen molar-refractivity contribution in [1.82, 2.24) is 19.7 Å². The highest BCUT2D eigenvalue weighted by molar-refractivity contribution is 7.91. The Kier molecular flexibility index (Phi) is 7.71. The van der Waals surface area contributed by atoms with E-state index in [1.807, 2.05) is 0 Å². The molecule has 0 aliphatic rings. The first kappa shape index (κ1) is 26.4. The monoisotopic (exact) mass is 504 g/mol. The fourth-order valence-corrected chi connectivity index (χ4v) is 5.34. The summed E-state index contributed by atoms with van der Waals surface area (Å²) in [5.74, 6) is 1.14. The van der Waals surface area contributed by atoms with Crippen LogP contribution in [0.1, 0.15) is 33.5 Å². The first-order valence-electron chi connectivity index (χ1n) is 11.0. The smallest absolute Gasteiger partial charge is 0.213 e. The fourth-order valence-electron chi connectivity index (χ4n) is 3.73. The van der Waals surface area contributed by atoms with Crippen LogP contribution in [0.3, 0.4) is 0 Å². The Morgan fingerprint density at radius 1 is 0.971 bits per heavy atom. The van der Waals surface area contributed by atoms with E-state index in [1.54, 1.807) is 61.7 Å². The summed E-state index contributed by atoms with van der Waals surface area (Å²) in [7, 11) is 0.661. The van der Waals surface area contributed by atoms with Crippen LogP contribution in [0.15, 0.2) is 36.4 Å². The molecule has 3 aromatic rings. The second kappa shape index (κ2) is 10.2. The number of nitrogens with zero attached hydrogens (tertiary/aromatic N) is 4. The van der Waals surface area contributed by atoms with Crippen molar-refractivity contribution in [2.45, 2.75) is 44.8 Å². The van der Waals surface area contributed by atoms with Crippen LogP contribution in [0.2, 0.25) is 0 Å². The third-order valence-electron chi connectivity index (χ3n) is 5.75. The van der Waals surface area contributed by atoms with Gasteiger partial charge >= 0.3 is 0 Å². The minimum atomic E-state index is -3.85. The van der Waals surface area contributed by atoms with Crippen LogP contribution >= 0.6 is 0 Å². The molecule has 190 valence electrons. The number of sulfone groups is 1. The highest BCUT2D eigenvalue weighted by atomic mass is 32.2. The number of methoxy groups -OCH3 is 3. The molecule has 0 amide bonds. The van der Waals surface area contributed by atoms with Gasteiger partial charge in [-0.05, 0) is 30.5 Å². The maximum Gasteiger partial charge on any atom is 0.213 e. The highest BCUT2D eigenvalue weighted by Crippen LogP contribution is 2.37. The van der Waals surface area contributed by atoms with Crippen molar-refractivity contribution >= 4 is 9.84 Å². The molecule has 0 bridgehead atoms. The lowest BCUT2D eigenvalue weighted by Crippen LogP contribution is -2.41. The topological polar surface area (TPSA) is 126 Å². The largest absolute Gasteiger partial charge is 0.494 e. The van der Waals surface area contributed by atoms with Gasteiger partial charge in [0.15, 0.2) is 21.5 Å². The van der Waals surface area contributed by atoms with Gasteiger partial charge in [0, 0.05) is 6.07 Å². The van der Waals surface area contributed by atoms with Gasteiger partial charge in [-0.25, -0.2) is 13.4 Å². The third-order valence-corrected chi connectivity index (χ3v) is 7.80. The Bertz CT molecular complexity index is 1260. The van der Waals surface area contributed by atoms with E-state index >= 15 is 0 Å². The third kappa shape index (κ3) is 5.40. The number of aromatic nitrogens is 4. The van der Waals surface area contributed by atoms with Crippen molar-refractivity contribution in [2.75, 3.05) is 21.3 Å². The van der Waals surface area contributed by atoms with E-state index in [-0.39, 0.29) is 11.6 Å². The predicted octanol–water partition coefficient (Wildman–Crippen LogP) is 3.07. The summed E-state index contributed by atoms with van der Waals surface area (Å²) in [4.78, 5) is 4.45. The van der Waals surface area contributed by atoms with E-state index < -0.39 is 32.4 Å². The molecule has 0 aliphatic heterocycles. The first-order chi connectivity index (χ1) is 16.4. The number of aliphatic hydroxyl groups excluding tert-OH is 1. The summed E-state index contributed by atoms with van der Waals surface area (Å²) in [6, 6.07) is 10.4. The minimum Gasteiger partial charge on any atom is -0.494 e. The van der Waals surface area contributed by atoms with Gasteiger partial charge in [0.25, 0.3) is 0 Å². The first-order valence-corrected chi connectivity index (χ1v) is 12.7. The van der Waals surface area contributed by atoms with E-state index in [2.05, 4.69) is 15.2 Å². The van der Waals surface area contributed by atoms with Crippen molar-refractivity contribution in [3.63, 3.8) is 0 Å². The molecule has 0 saturated heterocycles. The predicted molar refractivity (Wildman–Crippen MR) is 132 cm³/mol. The molecule has 1 N–H and O–H groups in total. The molecular formula is C24H32N4O6S. The molecule has 35 heavy (non-hydrogen) atoms. The highest BCUT2D eigenvalue weighted by Gasteiger charge is 2.37. The summed E-state index contributed by atoms with van der Waals surface area (Å²) < 4.78 is 44.7. The normalized spacial score (nSPS) is 13.8. The standard InChI is InChI=1S/C24H32N4O6S/c1-15(22(29)24(2,3)4)35(30,31)14-19-26-27-23(16-10-8-13-20(25-16)34-7)28(19)21-17(32-5)11-9-12-18(21)33-6/h8-13,15,22,29H,14H2,1-7H3/t15-,22+/m0/s1. The van der Waals surface area contributed by atoms with Crippen LogP contribution < -0.4 is 14.2 Å². The number of hydrogen-bond donors (Lipinski definition) is 1. The maximum absolute atomic E-state index is 13.4. The SMILES string of the molecule is COc1cccc(-c2nnc(CS(=O)(=O)[C@@H](C)[C@@H](O)C(C)(C)C)n2-c2c(OC)cccc2OC)n1. The summed E-state index contributed by atoms with van der Waals surface area (Å²) in [5, 5.41) is 18.1. The van der Waals surface area contributed by atoms with Crippen molar-refractivity contribution in [1.29, 1.82) is 0 Å². The molecule has 10 nitrogen and oxygen atoms in total. The average molecular weight is 505 g/mol. The summed E-state index contributed by atoms with van der Waals surface area (Å²) in [6.45, 7) is 6.87. The van der Waals surface area contributed by atoms with Gasteiger partial charge in [-0.3, -0.25) is 4.57 Å². The average Bonchev–Trinajstić information content (AvgIpc) is 3.23. The van der Waals surface area contributed by atoms with Crippen LogP contribution in [-0.2, 0) is 15.6 Å². The molecule has 0 radical (unpaired) electrons. The Balaban J connectivity index is 2.24. The number of aliphatic hydroxyl groups is 1. The molecule has 2 atom stereocenters. The summed E-state index contributed by atoms with van der Waals surface area (Å²) in [5.41, 5.74) is 0.217. The van der Waals surface area contributed by atoms with E-state index in [0.717, 1.165) is 0 Å². The molecule has 11 heteroatoms. The minimum absolute atomic E-state index is 0.125. The van der Waals surface area contributed by atoms with Gasteiger partial charge < -0.3 is 19.3 Å². The summed E-state index contributed by atoms with van der Waals surface area (Å²) in [6.07, 6.45) is -1.08. The molecule has 0 fully saturated rings. The van der Waals surface area contributed by atoms with Crippen LogP contribution in [0.4, 0.5) is 0 Å². The lowest BCUT2D eigenvalue weighted by molar-refractivity contribution is 0.0626.